The van der Waals surface area contributed by atoms with Crippen molar-refractivity contribution in [3.8, 4) is 5.75 Å². The topological polar surface area (TPSA) is 95.9 Å². The van der Waals surface area contributed by atoms with Crippen molar-refractivity contribution in [2.24, 2.45) is 0 Å². The van der Waals surface area contributed by atoms with Gasteiger partial charge < -0.3 is 20.1 Å². The Bertz CT molecular complexity index is 1140. The van der Waals surface area contributed by atoms with Crippen molar-refractivity contribution in [2.45, 2.75) is 38.6 Å². The molecule has 1 aliphatic heterocycles. The van der Waals surface area contributed by atoms with Crippen LogP contribution in [0.2, 0.25) is 0 Å². The number of hydrogen-bond donors (Lipinski definition) is 2. The van der Waals surface area contributed by atoms with Crippen molar-refractivity contribution in [3.05, 3.63) is 101 Å². The number of carboxylic acids is 1. The highest BCUT2D eigenvalue weighted by Crippen LogP contribution is 2.22. The summed E-state index contributed by atoms with van der Waals surface area (Å²) in [6.45, 7) is 1.12. The Morgan fingerprint density at radius 3 is 2.26 bits per heavy atom. The Labute approximate surface area is 198 Å². The van der Waals surface area contributed by atoms with Gasteiger partial charge >= 0.3 is 5.97 Å². The predicted octanol–water partition coefficient (Wildman–Crippen LogP) is 3.77. The summed E-state index contributed by atoms with van der Waals surface area (Å²) in [7, 11) is 0. The minimum atomic E-state index is -0.960. The minimum absolute atomic E-state index is 0.00287. The molecule has 34 heavy (non-hydrogen) atoms. The molecule has 7 heteroatoms. The maximum Gasteiger partial charge on any atom is 0.335 e. The van der Waals surface area contributed by atoms with Gasteiger partial charge in [-0.15, -0.1) is 0 Å². The van der Waals surface area contributed by atoms with Crippen molar-refractivity contribution in [3.63, 3.8) is 0 Å². The molecule has 0 spiro atoms. The van der Waals surface area contributed by atoms with Crippen molar-refractivity contribution < 1.29 is 24.2 Å². The van der Waals surface area contributed by atoms with E-state index in [4.69, 9.17) is 9.84 Å². The SMILES string of the molecule is O=C(O)c1ccc(COc2ccc(CNC(=O)[C@H]3CCC(=O)N3Cc3ccccc3)cc2)cc1. The van der Waals surface area contributed by atoms with Crippen LogP contribution in [-0.2, 0) is 29.3 Å². The summed E-state index contributed by atoms with van der Waals surface area (Å²) in [6, 6.07) is 23.2. The molecule has 3 aromatic rings. The minimum Gasteiger partial charge on any atom is -0.489 e. The molecule has 0 aromatic heterocycles. The van der Waals surface area contributed by atoms with Gasteiger partial charge in [0.25, 0.3) is 0 Å². The maximum atomic E-state index is 12.8. The van der Waals surface area contributed by atoms with Gasteiger partial charge in [0.05, 0.1) is 5.56 Å². The highest BCUT2D eigenvalue weighted by atomic mass is 16.5. The number of carbonyl (C=O) groups is 3. The van der Waals surface area contributed by atoms with E-state index in [1.165, 1.54) is 0 Å². The number of nitrogens with zero attached hydrogens (tertiary/aromatic N) is 1. The zero-order chi connectivity index (χ0) is 23.9. The number of aromatic carboxylic acids is 1. The monoisotopic (exact) mass is 458 g/mol. The third-order valence-corrected chi connectivity index (χ3v) is 5.82. The van der Waals surface area contributed by atoms with Crippen LogP contribution in [0.5, 0.6) is 5.75 Å². The molecule has 3 aromatic carbocycles. The molecule has 0 radical (unpaired) electrons. The molecule has 1 fully saturated rings. The molecular weight excluding hydrogens is 432 g/mol. The Hall–Kier alpha value is -4.13. The van der Waals surface area contributed by atoms with Gasteiger partial charge in [0.1, 0.15) is 18.4 Å². The van der Waals surface area contributed by atoms with Gasteiger partial charge in [-0.25, -0.2) is 4.79 Å². The average molecular weight is 459 g/mol. The number of likely N-dealkylation sites (tertiary alicyclic amines) is 1. The van der Waals surface area contributed by atoms with E-state index in [1.54, 1.807) is 29.2 Å². The highest BCUT2D eigenvalue weighted by molar-refractivity contribution is 5.91. The first-order chi connectivity index (χ1) is 16.5. The van der Waals surface area contributed by atoms with Crippen LogP contribution in [0.1, 0.15) is 39.9 Å². The molecule has 174 valence electrons. The van der Waals surface area contributed by atoms with Crippen LogP contribution in [0.15, 0.2) is 78.9 Å². The van der Waals surface area contributed by atoms with E-state index in [9.17, 15) is 14.4 Å². The Morgan fingerprint density at radius 1 is 0.912 bits per heavy atom. The van der Waals surface area contributed by atoms with Gasteiger partial charge in [-0.3, -0.25) is 9.59 Å². The summed E-state index contributed by atoms with van der Waals surface area (Å²) in [5.74, 6) is -0.429. The lowest BCUT2D eigenvalue weighted by Gasteiger charge is -2.24. The zero-order valence-corrected chi connectivity index (χ0v) is 18.6. The van der Waals surface area contributed by atoms with E-state index in [0.717, 1.165) is 16.7 Å². The first kappa shape index (κ1) is 23.0. The van der Waals surface area contributed by atoms with Crippen LogP contribution in [0, 0.1) is 0 Å². The van der Waals surface area contributed by atoms with Crippen LogP contribution in [0.4, 0.5) is 0 Å². The molecule has 0 unspecified atom stereocenters. The van der Waals surface area contributed by atoms with Crippen LogP contribution >= 0.6 is 0 Å². The number of carbonyl (C=O) groups excluding carboxylic acids is 2. The van der Waals surface area contributed by atoms with E-state index in [-0.39, 0.29) is 17.4 Å². The Kier molecular flexibility index (Phi) is 7.22. The second-order valence-corrected chi connectivity index (χ2v) is 8.21. The molecule has 2 N–H and O–H groups in total. The number of benzene rings is 3. The summed E-state index contributed by atoms with van der Waals surface area (Å²) in [5.41, 5.74) is 3.03. The Morgan fingerprint density at radius 2 is 1.59 bits per heavy atom. The van der Waals surface area contributed by atoms with Crippen molar-refractivity contribution in [1.29, 1.82) is 0 Å². The van der Waals surface area contributed by atoms with Gasteiger partial charge in [0.15, 0.2) is 0 Å². The summed E-state index contributed by atoms with van der Waals surface area (Å²) in [4.78, 5) is 37.7. The number of ether oxygens (including phenoxy) is 1. The fourth-order valence-electron chi connectivity index (χ4n) is 3.91. The summed E-state index contributed by atoms with van der Waals surface area (Å²) in [6.07, 6.45) is 0.910. The largest absolute Gasteiger partial charge is 0.489 e. The molecule has 7 nitrogen and oxygen atoms in total. The third kappa shape index (κ3) is 5.81. The lowest BCUT2D eigenvalue weighted by Crippen LogP contribution is -2.44. The van der Waals surface area contributed by atoms with Gasteiger partial charge in [-0.1, -0.05) is 54.6 Å². The normalized spacial score (nSPS) is 15.2. The lowest BCUT2D eigenvalue weighted by molar-refractivity contribution is -0.135. The van der Waals surface area contributed by atoms with E-state index < -0.39 is 12.0 Å². The first-order valence-electron chi connectivity index (χ1n) is 11.1. The fourth-order valence-corrected chi connectivity index (χ4v) is 3.91. The van der Waals surface area contributed by atoms with Crippen molar-refractivity contribution in [1.82, 2.24) is 10.2 Å². The molecule has 1 saturated heterocycles. The van der Waals surface area contributed by atoms with Crippen LogP contribution in [0.3, 0.4) is 0 Å². The molecule has 1 atom stereocenters. The highest BCUT2D eigenvalue weighted by Gasteiger charge is 2.35. The second kappa shape index (κ2) is 10.7. The van der Waals surface area contributed by atoms with E-state index >= 15 is 0 Å². The van der Waals surface area contributed by atoms with Gasteiger partial charge in [-0.2, -0.15) is 0 Å². The molecule has 0 saturated carbocycles. The summed E-state index contributed by atoms with van der Waals surface area (Å²) in [5, 5.41) is 11.9. The maximum absolute atomic E-state index is 12.8. The van der Waals surface area contributed by atoms with Crippen LogP contribution in [-0.4, -0.2) is 33.8 Å². The van der Waals surface area contributed by atoms with Crippen LogP contribution < -0.4 is 10.1 Å². The Balaban J connectivity index is 1.27. The van der Waals surface area contributed by atoms with Crippen molar-refractivity contribution in [2.75, 3.05) is 0 Å². The number of amides is 2. The van der Waals surface area contributed by atoms with Gasteiger partial charge in [0, 0.05) is 19.5 Å². The number of rotatable bonds is 9. The molecule has 4 rings (SSSR count). The van der Waals surface area contributed by atoms with Gasteiger partial charge in [0.2, 0.25) is 11.8 Å². The molecule has 2 amide bonds. The molecule has 0 aliphatic carbocycles. The summed E-state index contributed by atoms with van der Waals surface area (Å²) >= 11 is 0. The standard InChI is InChI=1S/C27H26N2O5/c30-25-15-14-24(29(25)17-20-4-2-1-3-5-20)26(31)28-16-19-8-12-23(13-9-19)34-18-21-6-10-22(11-7-21)27(32)33/h1-13,24H,14-18H2,(H,28,31)(H,32,33)/t24-/m1/s1. The van der Waals surface area contributed by atoms with Crippen molar-refractivity contribution >= 4 is 17.8 Å². The average Bonchev–Trinajstić information content (AvgIpc) is 3.22. The number of carboxylic acid groups (broad SMARTS) is 1. The summed E-state index contributed by atoms with van der Waals surface area (Å²) < 4.78 is 5.76. The quantitative estimate of drug-likeness (QED) is 0.509. The van der Waals surface area contributed by atoms with Gasteiger partial charge in [-0.05, 0) is 47.4 Å². The molecular formula is C27H26N2O5. The zero-order valence-electron chi connectivity index (χ0n) is 18.6. The molecule has 0 bridgehead atoms. The fraction of sp³-hybridized carbons (Fsp3) is 0.222. The molecule has 1 aliphatic rings. The van der Waals surface area contributed by atoms with E-state index in [1.807, 2.05) is 54.6 Å². The number of nitrogens with one attached hydrogen (secondary N) is 1. The number of hydrogen-bond acceptors (Lipinski definition) is 4. The smallest absolute Gasteiger partial charge is 0.335 e. The van der Waals surface area contributed by atoms with E-state index in [0.29, 0.717) is 38.3 Å². The molecule has 1 heterocycles. The first-order valence-corrected chi connectivity index (χ1v) is 11.1. The predicted molar refractivity (Wildman–Crippen MR) is 126 cm³/mol. The van der Waals surface area contributed by atoms with Crippen LogP contribution in [0.25, 0.3) is 0 Å². The van der Waals surface area contributed by atoms with E-state index in [2.05, 4.69) is 5.32 Å². The second-order valence-electron chi connectivity index (χ2n) is 8.21. The lowest BCUT2D eigenvalue weighted by atomic mass is 10.1. The third-order valence-electron chi connectivity index (χ3n) is 5.82.